The van der Waals surface area contributed by atoms with E-state index in [2.05, 4.69) is 158 Å². The summed E-state index contributed by atoms with van der Waals surface area (Å²) in [5.41, 5.74) is 12.0. The average molecular weight is 644 g/mol. The molecule has 0 spiro atoms. The number of allylic oxidation sites excluding steroid dienone is 2. The third kappa shape index (κ3) is 4.10. The van der Waals surface area contributed by atoms with Gasteiger partial charge in [0.1, 0.15) is 0 Å². The third-order valence-electron chi connectivity index (χ3n) is 11.4. The number of pyridine rings is 1. The van der Waals surface area contributed by atoms with E-state index in [4.69, 9.17) is 4.99 Å². The predicted molar refractivity (Wildman–Crippen MR) is 210 cm³/mol. The molecule has 2 aromatic heterocycles. The topological polar surface area (TPSA) is 30.2 Å². The van der Waals surface area contributed by atoms with E-state index in [1.54, 1.807) is 0 Å². The molecule has 8 aromatic rings. The van der Waals surface area contributed by atoms with Crippen LogP contribution >= 0.6 is 0 Å². The van der Waals surface area contributed by atoms with E-state index in [1.807, 2.05) is 18.3 Å². The highest BCUT2D eigenvalue weighted by molar-refractivity contribution is 6.23. The largest absolute Gasteiger partial charge is 0.332 e. The van der Waals surface area contributed by atoms with E-state index in [-0.39, 0.29) is 17.4 Å². The van der Waals surface area contributed by atoms with E-state index in [9.17, 15) is 0 Å². The summed E-state index contributed by atoms with van der Waals surface area (Å²) < 4.78 is 2.70. The number of aliphatic imine (C=N–C) groups is 1. The molecule has 240 valence electrons. The smallest absolute Gasteiger partial charge is 0.0701 e. The average Bonchev–Trinajstić information content (AvgIpc) is 3.61. The van der Waals surface area contributed by atoms with Crippen LogP contribution in [0.25, 0.3) is 60.2 Å². The first-order valence-electron chi connectivity index (χ1n) is 17.8. The molecule has 2 unspecified atom stereocenters. The molecule has 0 bridgehead atoms. The summed E-state index contributed by atoms with van der Waals surface area (Å²) in [4.78, 5) is 10.3. The van der Waals surface area contributed by atoms with Crippen LogP contribution in [0.5, 0.6) is 0 Å². The standard InChI is InChI=1S/C47H37N3/c1-4-34-44(31-22-20-30(21-23-31)39-19-11-12-26-48-39)49-46-43(36-17-9-10-18-38(36)47(46,2)3)45(34)50-40-25-24-29-13-7-8-16-35(29)42(40)37-27-32-14-5-6-15-33(32)28-41(37)50/h5-28,34,45H,4H2,1-3H3. The monoisotopic (exact) mass is 643 g/mol. The van der Waals surface area contributed by atoms with Crippen LogP contribution in [-0.4, -0.2) is 15.3 Å². The third-order valence-corrected chi connectivity index (χ3v) is 11.4. The summed E-state index contributed by atoms with van der Waals surface area (Å²) in [7, 11) is 0. The van der Waals surface area contributed by atoms with Gasteiger partial charge in [-0.05, 0) is 75.0 Å². The van der Waals surface area contributed by atoms with Gasteiger partial charge in [-0.3, -0.25) is 9.98 Å². The highest BCUT2D eigenvalue weighted by atomic mass is 15.1. The normalized spacial score (nSPS) is 18.2. The minimum atomic E-state index is -0.236. The van der Waals surface area contributed by atoms with Crippen molar-refractivity contribution in [3.8, 4) is 11.3 Å². The Balaban J connectivity index is 1.29. The van der Waals surface area contributed by atoms with Crippen LogP contribution < -0.4 is 0 Å². The molecule has 6 aromatic carbocycles. The van der Waals surface area contributed by atoms with Crippen LogP contribution in [0.4, 0.5) is 0 Å². The van der Waals surface area contributed by atoms with Gasteiger partial charge >= 0.3 is 0 Å². The SMILES string of the molecule is CCC1C(c2ccc(-c3ccccn3)cc2)=NC2=C(c3ccccc3C2(C)C)C1n1c2cc3ccccc3cc2c2c3ccccc3ccc21. The lowest BCUT2D eigenvalue weighted by Gasteiger charge is -2.37. The van der Waals surface area contributed by atoms with Crippen LogP contribution in [0.15, 0.2) is 156 Å². The van der Waals surface area contributed by atoms with Crippen LogP contribution in [-0.2, 0) is 5.41 Å². The van der Waals surface area contributed by atoms with E-state index in [0.717, 1.165) is 17.7 Å². The first-order valence-corrected chi connectivity index (χ1v) is 17.8. The van der Waals surface area contributed by atoms with Crippen molar-refractivity contribution in [1.29, 1.82) is 0 Å². The van der Waals surface area contributed by atoms with Gasteiger partial charge in [0.05, 0.1) is 34.2 Å². The summed E-state index contributed by atoms with van der Waals surface area (Å²) in [5.74, 6) is 0.146. The van der Waals surface area contributed by atoms with Crippen molar-refractivity contribution in [2.24, 2.45) is 10.9 Å². The van der Waals surface area contributed by atoms with Crippen molar-refractivity contribution in [2.45, 2.75) is 38.6 Å². The molecule has 3 heteroatoms. The van der Waals surface area contributed by atoms with Crippen molar-refractivity contribution < 1.29 is 0 Å². The summed E-state index contributed by atoms with van der Waals surface area (Å²) in [6.45, 7) is 7.05. The second kappa shape index (κ2) is 10.9. The molecule has 3 nitrogen and oxygen atoms in total. The molecule has 3 heterocycles. The van der Waals surface area contributed by atoms with Crippen LogP contribution in [0.1, 0.15) is 49.9 Å². The molecule has 0 fully saturated rings. The van der Waals surface area contributed by atoms with Crippen molar-refractivity contribution in [3.05, 3.63) is 168 Å². The van der Waals surface area contributed by atoms with Crippen molar-refractivity contribution >= 4 is 54.6 Å². The Bertz CT molecular complexity index is 2710. The quantitative estimate of drug-likeness (QED) is 0.188. The van der Waals surface area contributed by atoms with Gasteiger partial charge in [0.25, 0.3) is 0 Å². The minimum Gasteiger partial charge on any atom is -0.332 e. The van der Waals surface area contributed by atoms with Gasteiger partial charge in [0.15, 0.2) is 0 Å². The highest BCUT2D eigenvalue weighted by Crippen LogP contribution is 2.57. The molecule has 0 saturated heterocycles. The second-order valence-electron chi connectivity index (χ2n) is 14.4. The fourth-order valence-corrected chi connectivity index (χ4v) is 9.06. The Hall–Kier alpha value is -5.80. The molecule has 1 aliphatic carbocycles. The number of benzene rings is 6. The van der Waals surface area contributed by atoms with Crippen LogP contribution in [0, 0.1) is 5.92 Å². The predicted octanol–water partition coefficient (Wildman–Crippen LogP) is 11.9. The molecule has 0 amide bonds. The maximum Gasteiger partial charge on any atom is 0.0701 e. The minimum absolute atomic E-state index is 0.0446. The molecular formula is C47H37N3. The van der Waals surface area contributed by atoms with Gasteiger partial charge in [-0.15, -0.1) is 0 Å². The Labute approximate surface area is 292 Å². The van der Waals surface area contributed by atoms with E-state index >= 15 is 0 Å². The molecule has 0 saturated carbocycles. The lowest BCUT2D eigenvalue weighted by atomic mass is 9.78. The number of rotatable bonds is 4. The van der Waals surface area contributed by atoms with Gasteiger partial charge in [-0.1, -0.05) is 130 Å². The zero-order valence-corrected chi connectivity index (χ0v) is 28.6. The van der Waals surface area contributed by atoms with Crippen molar-refractivity contribution in [3.63, 3.8) is 0 Å². The van der Waals surface area contributed by atoms with Gasteiger partial charge in [0.2, 0.25) is 0 Å². The zero-order valence-electron chi connectivity index (χ0n) is 28.6. The number of hydrogen-bond donors (Lipinski definition) is 0. The zero-order chi connectivity index (χ0) is 33.6. The second-order valence-corrected chi connectivity index (χ2v) is 14.4. The van der Waals surface area contributed by atoms with Crippen molar-refractivity contribution in [2.75, 3.05) is 0 Å². The molecule has 50 heavy (non-hydrogen) atoms. The summed E-state index contributed by atoms with van der Waals surface area (Å²) in [6.07, 6.45) is 2.81. The molecular weight excluding hydrogens is 607 g/mol. The fraction of sp³-hybridized carbons (Fsp3) is 0.149. The fourth-order valence-electron chi connectivity index (χ4n) is 9.06. The van der Waals surface area contributed by atoms with Gasteiger partial charge < -0.3 is 4.57 Å². The first-order chi connectivity index (χ1) is 24.5. The lowest BCUT2D eigenvalue weighted by molar-refractivity contribution is 0.491. The Morgan fingerprint density at radius 2 is 1.34 bits per heavy atom. The van der Waals surface area contributed by atoms with Gasteiger partial charge in [-0.2, -0.15) is 0 Å². The van der Waals surface area contributed by atoms with E-state index in [0.29, 0.717) is 0 Å². The molecule has 1 aliphatic heterocycles. The molecule has 2 atom stereocenters. The van der Waals surface area contributed by atoms with Crippen LogP contribution in [0.2, 0.25) is 0 Å². The van der Waals surface area contributed by atoms with Crippen molar-refractivity contribution in [1.82, 2.24) is 9.55 Å². The summed E-state index contributed by atoms with van der Waals surface area (Å²) >= 11 is 0. The maximum absolute atomic E-state index is 5.72. The Kier molecular flexibility index (Phi) is 6.33. The maximum atomic E-state index is 5.72. The number of nitrogens with zero attached hydrogens (tertiary/aromatic N) is 3. The van der Waals surface area contributed by atoms with E-state index < -0.39 is 0 Å². The lowest BCUT2D eigenvalue weighted by Crippen LogP contribution is -2.32. The number of aromatic nitrogens is 2. The molecule has 10 rings (SSSR count). The number of hydrogen-bond acceptors (Lipinski definition) is 2. The Morgan fingerprint density at radius 3 is 2.12 bits per heavy atom. The summed E-state index contributed by atoms with van der Waals surface area (Å²) in [6, 6.07) is 51.3. The molecule has 0 N–H and O–H groups in total. The highest BCUT2D eigenvalue weighted by Gasteiger charge is 2.47. The first kappa shape index (κ1) is 29.1. The molecule has 0 radical (unpaired) electrons. The molecule has 2 aliphatic rings. The van der Waals surface area contributed by atoms with Gasteiger partial charge in [0, 0.05) is 39.4 Å². The van der Waals surface area contributed by atoms with Gasteiger partial charge in [-0.25, -0.2) is 0 Å². The summed E-state index contributed by atoms with van der Waals surface area (Å²) in [5, 5.41) is 7.73. The Morgan fingerprint density at radius 1 is 0.640 bits per heavy atom. The van der Waals surface area contributed by atoms with Crippen LogP contribution in [0.3, 0.4) is 0 Å². The number of fused-ring (bicyclic) bond motifs is 8. The van der Waals surface area contributed by atoms with E-state index in [1.165, 1.54) is 77.0 Å².